The summed E-state index contributed by atoms with van der Waals surface area (Å²) < 4.78 is 3.89. The quantitative estimate of drug-likeness (QED) is 0.829. The fourth-order valence-electron chi connectivity index (χ4n) is 5.73. The van der Waals surface area contributed by atoms with Gasteiger partial charge in [-0.2, -0.15) is 0 Å². The first-order chi connectivity index (χ1) is 14.2. The second-order valence-corrected chi connectivity index (χ2v) is 9.39. The van der Waals surface area contributed by atoms with Gasteiger partial charge in [0.25, 0.3) is 0 Å². The van der Waals surface area contributed by atoms with Crippen molar-refractivity contribution in [2.45, 2.75) is 44.1 Å². The minimum Gasteiger partial charge on any atom is -0.316 e. The van der Waals surface area contributed by atoms with Crippen LogP contribution in [0.2, 0.25) is 0 Å². The Balaban J connectivity index is 1.33. The van der Waals surface area contributed by atoms with Gasteiger partial charge in [-0.05, 0) is 94.4 Å². The van der Waals surface area contributed by atoms with Crippen molar-refractivity contribution in [1.82, 2.24) is 24.7 Å². The highest BCUT2D eigenvalue weighted by atomic mass is 16.1. The van der Waals surface area contributed by atoms with Gasteiger partial charge in [-0.1, -0.05) is 6.07 Å². The molecule has 0 radical (unpaired) electrons. The van der Waals surface area contributed by atoms with Crippen LogP contribution < -0.4 is 16.3 Å². The van der Waals surface area contributed by atoms with E-state index in [0.717, 1.165) is 42.9 Å². The Bertz CT molecular complexity index is 896. The molecule has 3 aliphatic rings. The molecule has 0 bridgehead atoms. The number of fused-ring (bicyclic) bond motifs is 1. The topological polar surface area (TPSA) is 54.2 Å². The lowest BCUT2D eigenvalue weighted by Crippen LogP contribution is -2.37. The predicted molar refractivity (Wildman–Crippen MR) is 118 cm³/mol. The van der Waals surface area contributed by atoms with E-state index in [9.17, 15) is 4.79 Å². The number of hydrogen-bond donors (Lipinski definition) is 2. The summed E-state index contributed by atoms with van der Waals surface area (Å²) in [5.41, 5.74) is 3.73. The molecule has 3 saturated heterocycles. The van der Waals surface area contributed by atoms with Gasteiger partial charge in [0.05, 0.1) is 17.1 Å². The van der Waals surface area contributed by atoms with E-state index in [4.69, 9.17) is 0 Å². The summed E-state index contributed by atoms with van der Waals surface area (Å²) in [6, 6.07) is 7.07. The molecule has 2 atom stereocenters. The van der Waals surface area contributed by atoms with E-state index in [1.165, 1.54) is 57.5 Å². The molecular weight excluding hydrogens is 362 g/mol. The van der Waals surface area contributed by atoms with E-state index in [0.29, 0.717) is 5.92 Å². The summed E-state index contributed by atoms with van der Waals surface area (Å²) in [5.74, 6) is 1.46. The minimum atomic E-state index is 0.130. The standard InChI is InChI=1S/C23H35N5O/c1-26-22-13-19(18-7-11-27(12-8-18)16-17-6-10-25-14-17)4-5-21(22)28(23(26)29)20-3-2-9-24-15-20/h4-5,13,17-18,20,24-25H,2-3,6-12,14-16H2,1H3/t17-,20?/m1/s1. The Morgan fingerprint density at radius 3 is 2.55 bits per heavy atom. The number of rotatable bonds is 4. The fourth-order valence-corrected chi connectivity index (χ4v) is 5.73. The Hall–Kier alpha value is -1.63. The lowest BCUT2D eigenvalue weighted by Gasteiger charge is -2.33. The van der Waals surface area contributed by atoms with Crippen LogP contribution in [-0.2, 0) is 7.05 Å². The molecular formula is C23H35N5O. The largest absolute Gasteiger partial charge is 0.329 e. The maximum Gasteiger partial charge on any atom is 0.329 e. The number of nitrogens with one attached hydrogen (secondary N) is 2. The molecule has 6 nitrogen and oxygen atoms in total. The van der Waals surface area contributed by atoms with Gasteiger partial charge in [-0.25, -0.2) is 4.79 Å². The third kappa shape index (κ3) is 3.78. The highest BCUT2D eigenvalue weighted by Gasteiger charge is 2.26. The Kier molecular flexibility index (Phi) is 5.50. The summed E-state index contributed by atoms with van der Waals surface area (Å²) in [5, 5.41) is 6.94. The molecule has 158 valence electrons. The number of hydrogen-bond acceptors (Lipinski definition) is 4. The van der Waals surface area contributed by atoms with Gasteiger partial charge in [-0.3, -0.25) is 9.13 Å². The first kappa shape index (κ1) is 19.3. The Morgan fingerprint density at radius 2 is 1.83 bits per heavy atom. The minimum absolute atomic E-state index is 0.130. The zero-order chi connectivity index (χ0) is 19.8. The van der Waals surface area contributed by atoms with E-state index in [2.05, 4.69) is 33.7 Å². The molecule has 2 N–H and O–H groups in total. The van der Waals surface area contributed by atoms with E-state index < -0.39 is 0 Å². The summed E-state index contributed by atoms with van der Waals surface area (Å²) in [6.45, 7) is 8.01. The molecule has 5 rings (SSSR count). The Morgan fingerprint density at radius 1 is 1.00 bits per heavy atom. The van der Waals surface area contributed by atoms with Crippen LogP contribution in [0.4, 0.5) is 0 Å². The first-order valence-corrected chi connectivity index (χ1v) is 11.6. The van der Waals surface area contributed by atoms with Crippen molar-refractivity contribution in [2.24, 2.45) is 13.0 Å². The third-order valence-corrected chi connectivity index (χ3v) is 7.49. The monoisotopic (exact) mass is 397 g/mol. The molecule has 1 aromatic carbocycles. The van der Waals surface area contributed by atoms with Gasteiger partial charge < -0.3 is 15.5 Å². The third-order valence-electron chi connectivity index (χ3n) is 7.49. The molecule has 0 aliphatic carbocycles. The molecule has 1 unspecified atom stereocenters. The smallest absolute Gasteiger partial charge is 0.316 e. The van der Waals surface area contributed by atoms with Crippen LogP contribution in [0.25, 0.3) is 11.0 Å². The summed E-state index contributed by atoms with van der Waals surface area (Å²) in [7, 11) is 1.93. The van der Waals surface area contributed by atoms with Gasteiger partial charge in [0.15, 0.2) is 0 Å². The predicted octanol–water partition coefficient (Wildman–Crippen LogP) is 2.05. The van der Waals surface area contributed by atoms with Crippen LogP contribution in [0, 0.1) is 5.92 Å². The maximum atomic E-state index is 13.0. The van der Waals surface area contributed by atoms with Crippen molar-refractivity contribution in [1.29, 1.82) is 0 Å². The zero-order valence-corrected chi connectivity index (χ0v) is 17.7. The van der Waals surface area contributed by atoms with Crippen molar-refractivity contribution < 1.29 is 0 Å². The van der Waals surface area contributed by atoms with Crippen molar-refractivity contribution in [3.63, 3.8) is 0 Å². The summed E-state index contributed by atoms with van der Waals surface area (Å²) >= 11 is 0. The average molecular weight is 398 g/mol. The normalized spacial score (nSPS) is 27.1. The van der Waals surface area contributed by atoms with E-state index in [1.54, 1.807) is 0 Å². The average Bonchev–Trinajstić information content (AvgIpc) is 3.36. The van der Waals surface area contributed by atoms with Gasteiger partial charge in [0, 0.05) is 20.1 Å². The second kappa shape index (κ2) is 8.25. The van der Waals surface area contributed by atoms with E-state index >= 15 is 0 Å². The molecule has 29 heavy (non-hydrogen) atoms. The highest BCUT2D eigenvalue weighted by Crippen LogP contribution is 2.31. The molecule has 4 heterocycles. The van der Waals surface area contributed by atoms with Gasteiger partial charge in [0.2, 0.25) is 0 Å². The van der Waals surface area contributed by atoms with Crippen LogP contribution in [-0.4, -0.2) is 59.8 Å². The lowest BCUT2D eigenvalue weighted by atomic mass is 9.88. The van der Waals surface area contributed by atoms with Crippen molar-refractivity contribution in [3.8, 4) is 0 Å². The molecule has 0 amide bonds. The van der Waals surface area contributed by atoms with Crippen molar-refractivity contribution in [3.05, 3.63) is 34.2 Å². The van der Waals surface area contributed by atoms with Crippen LogP contribution in [0.15, 0.2) is 23.0 Å². The van der Waals surface area contributed by atoms with Gasteiger partial charge >= 0.3 is 5.69 Å². The number of likely N-dealkylation sites (tertiary alicyclic amines) is 1. The first-order valence-electron chi connectivity index (χ1n) is 11.6. The number of imidazole rings is 1. The maximum absolute atomic E-state index is 13.0. The highest BCUT2D eigenvalue weighted by molar-refractivity contribution is 5.77. The number of piperidine rings is 2. The number of aromatic nitrogens is 2. The molecule has 0 saturated carbocycles. The molecule has 6 heteroatoms. The molecule has 0 spiro atoms. The zero-order valence-electron chi connectivity index (χ0n) is 17.7. The van der Waals surface area contributed by atoms with Crippen molar-refractivity contribution in [2.75, 3.05) is 45.8 Å². The Labute approximate surface area is 173 Å². The SMILES string of the molecule is Cn1c(=O)n(C2CCCNC2)c2ccc(C3CCN(C[C@@H]4CCNC4)CC3)cc21. The summed E-state index contributed by atoms with van der Waals surface area (Å²) in [6.07, 6.45) is 6.02. The molecule has 2 aromatic rings. The van der Waals surface area contributed by atoms with E-state index in [1.807, 2.05) is 16.2 Å². The fraction of sp³-hybridized carbons (Fsp3) is 0.696. The molecule has 3 aliphatic heterocycles. The van der Waals surface area contributed by atoms with Crippen LogP contribution in [0.3, 0.4) is 0 Å². The van der Waals surface area contributed by atoms with Gasteiger partial charge in [-0.15, -0.1) is 0 Å². The van der Waals surface area contributed by atoms with Crippen LogP contribution in [0.1, 0.15) is 49.6 Å². The summed E-state index contributed by atoms with van der Waals surface area (Å²) in [4.78, 5) is 15.6. The number of aryl methyl sites for hydroxylation is 1. The second-order valence-electron chi connectivity index (χ2n) is 9.39. The molecule has 1 aromatic heterocycles. The lowest BCUT2D eigenvalue weighted by molar-refractivity contribution is 0.187. The number of nitrogens with zero attached hydrogens (tertiary/aromatic N) is 3. The van der Waals surface area contributed by atoms with Crippen LogP contribution in [0.5, 0.6) is 0 Å². The van der Waals surface area contributed by atoms with Crippen LogP contribution >= 0.6 is 0 Å². The van der Waals surface area contributed by atoms with E-state index in [-0.39, 0.29) is 11.7 Å². The van der Waals surface area contributed by atoms with Crippen molar-refractivity contribution >= 4 is 11.0 Å². The van der Waals surface area contributed by atoms with Gasteiger partial charge in [0.1, 0.15) is 0 Å². The number of benzene rings is 1. The molecule has 3 fully saturated rings.